The van der Waals surface area contributed by atoms with Gasteiger partial charge in [0.25, 0.3) is 0 Å². The van der Waals surface area contributed by atoms with Crippen LogP contribution >= 0.6 is 0 Å². The van der Waals surface area contributed by atoms with Crippen molar-refractivity contribution in [2.45, 2.75) is 51.5 Å². The van der Waals surface area contributed by atoms with Crippen molar-refractivity contribution in [1.29, 1.82) is 0 Å². The van der Waals surface area contributed by atoms with Gasteiger partial charge in [-0.25, -0.2) is 4.79 Å². The van der Waals surface area contributed by atoms with Gasteiger partial charge in [0.2, 0.25) is 0 Å². The highest BCUT2D eigenvalue weighted by Gasteiger charge is 2.61. The maximum absolute atomic E-state index is 12.7. The number of benzene rings is 1. The summed E-state index contributed by atoms with van der Waals surface area (Å²) in [6.45, 7) is 11.0. The van der Waals surface area contributed by atoms with Gasteiger partial charge in [0.1, 0.15) is 5.60 Å². The molecule has 1 aromatic rings. The van der Waals surface area contributed by atoms with E-state index in [9.17, 15) is 4.79 Å². The van der Waals surface area contributed by atoms with E-state index < -0.39 is 11.4 Å². The van der Waals surface area contributed by atoms with Crippen LogP contribution in [0.5, 0.6) is 0 Å². The Bertz CT molecular complexity index is 696. The fourth-order valence-corrected chi connectivity index (χ4v) is 4.87. The molecule has 0 aromatic heterocycles. The molecule has 6 heteroatoms. The number of fused-ring (bicyclic) bond motifs is 1. The quantitative estimate of drug-likeness (QED) is 0.778. The van der Waals surface area contributed by atoms with Crippen molar-refractivity contribution in [1.82, 2.24) is 9.80 Å². The Morgan fingerprint density at radius 3 is 2.46 bits per heavy atom. The molecule has 154 valence electrons. The molecule has 3 saturated heterocycles. The Morgan fingerprint density at radius 2 is 1.79 bits per heavy atom. The standard InChI is InChI=1S/C22H32N2O4/c1-20(2,3)28-19(25)24-12-10-22(26-13-14-27-22)21(17-24)9-11-23(16-21)15-18-7-5-4-6-8-18/h4-8H,9-17H2,1-3H3. The van der Waals surface area contributed by atoms with Crippen molar-refractivity contribution in [2.24, 2.45) is 5.41 Å². The lowest BCUT2D eigenvalue weighted by molar-refractivity contribution is -0.258. The molecule has 1 amide bonds. The Labute approximate surface area is 167 Å². The van der Waals surface area contributed by atoms with E-state index in [2.05, 4.69) is 29.2 Å². The van der Waals surface area contributed by atoms with E-state index in [0.717, 1.165) is 26.1 Å². The molecule has 3 heterocycles. The van der Waals surface area contributed by atoms with Crippen molar-refractivity contribution >= 4 is 6.09 Å². The van der Waals surface area contributed by atoms with Gasteiger partial charge in [-0.3, -0.25) is 4.90 Å². The number of piperidine rings is 1. The first kappa shape index (κ1) is 19.7. The summed E-state index contributed by atoms with van der Waals surface area (Å²) in [6, 6.07) is 10.5. The number of nitrogens with zero attached hydrogens (tertiary/aromatic N) is 2. The molecule has 1 unspecified atom stereocenters. The van der Waals surface area contributed by atoms with Crippen LogP contribution in [0.25, 0.3) is 0 Å². The van der Waals surface area contributed by atoms with Gasteiger partial charge in [0.15, 0.2) is 5.79 Å². The van der Waals surface area contributed by atoms with Crippen molar-refractivity contribution < 1.29 is 19.0 Å². The second-order valence-electron chi connectivity index (χ2n) is 9.33. The van der Waals surface area contributed by atoms with Crippen molar-refractivity contribution in [3.8, 4) is 0 Å². The van der Waals surface area contributed by atoms with Gasteiger partial charge in [0.05, 0.1) is 18.6 Å². The monoisotopic (exact) mass is 388 g/mol. The average Bonchev–Trinajstić information content (AvgIpc) is 3.26. The van der Waals surface area contributed by atoms with E-state index in [4.69, 9.17) is 14.2 Å². The van der Waals surface area contributed by atoms with Crippen LogP contribution in [-0.2, 0) is 20.8 Å². The van der Waals surface area contributed by atoms with Crippen LogP contribution in [0, 0.1) is 5.41 Å². The highest BCUT2D eigenvalue weighted by atomic mass is 16.7. The molecule has 6 nitrogen and oxygen atoms in total. The summed E-state index contributed by atoms with van der Waals surface area (Å²) in [7, 11) is 0. The second kappa shape index (κ2) is 7.32. The fraction of sp³-hybridized carbons (Fsp3) is 0.682. The van der Waals surface area contributed by atoms with E-state index in [0.29, 0.717) is 32.7 Å². The molecular weight excluding hydrogens is 356 g/mol. The van der Waals surface area contributed by atoms with E-state index >= 15 is 0 Å². The molecule has 3 aliphatic rings. The van der Waals surface area contributed by atoms with Gasteiger partial charge in [-0.15, -0.1) is 0 Å². The first-order chi connectivity index (χ1) is 13.3. The van der Waals surface area contributed by atoms with E-state index in [1.807, 2.05) is 31.7 Å². The Kier molecular flexibility index (Phi) is 5.14. The van der Waals surface area contributed by atoms with Gasteiger partial charge in [0, 0.05) is 32.6 Å². The summed E-state index contributed by atoms with van der Waals surface area (Å²) in [5.74, 6) is -0.572. The molecule has 0 N–H and O–H groups in total. The third-order valence-electron chi connectivity index (χ3n) is 6.10. The molecule has 0 aliphatic carbocycles. The predicted octanol–water partition coefficient (Wildman–Crippen LogP) is 3.26. The Balaban J connectivity index is 1.52. The first-order valence-electron chi connectivity index (χ1n) is 10.3. The molecular formula is C22H32N2O4. The number of hydrogen-bond donors (Lipinski definition) is 0. The minimum Gasteiger partial charge on any atom is -0.444 e. The summed E-state index contributed by atoms with van der Waals surface area (Å²) in [4.78, 5) is 17.1. The molecule has 3 aliphatic heterocycles. The van der Waals surface area contributed by atoms with Crippen LogP contribution in [0.4, 0.5) is 4.79 Å². The Morgan fingerprint density at radius 1 is 1.07 bits per heavy atom. The van der Waals surface area contributed by atoms with Crippen LogP contribution in [0.1, 0.15) is 39.2 Å². The number of hydrogen-bond acceptors (Lipinski definition) is 5. The van der Waals surface area contributed by atoms with E-state index in [1.54, 1.807) is 0 Å². The molecule has 1 atom stereocenters. The number of amides is 1. The van der Waals surface area contributed by atoms with Crippen molar-refractivity contribution in [3.63, 3.8) is 0 Å². The molecule has 2 spiro atoms. The molecule has 28 heavy (non-hydrogen) atoms. The smallest absolute Gasteiger partial charge is 0.410 e. The number of rotatable bonds is 2. The molecule has 0 bridgehead atoms. The van der Waals surface area contributed by atoms with Crippen LogP contribution in [-0.4, -0.2) is 66.7 Å². The number of likely N-dealkylation sites (tertiary alicyclic amines) is 2. The van der Waals surface area contributed by atoms with Gasteiger partial charge in [-0.2, -0.15) is 0 Å². The molecule has 0 saturated carbocycles. The van der Waals surface area contributed by atoms with E-state index in [-0.39, 0.29) is 11.5 Å². The van der Waals surface area contributed by atoms with Crippen LogP contribution in [0.15, 0.2) is 30.3 Å². The number of carbonyl (C=O) groups excluding carboxylic acids is 1. The largest absolute Gasteiger partial charge is 0.444 e. The fourth-order valence-electron chi connectivity index (χ4n) is 4.87. The lowest BCUT2D eigenvalue weighted by atomic mass is 9.73. The summed E-state index contributed by atoms with van der Waals surface area (Å²) in [6.07, 6.45) is 1.42. The van der Waals surface area contributed by atoms with Gasteiger partial charge >= 0.3 is 6.09 Å². The highest BCUT2D eigenvalue weighted by molar-refractivity contribution is 5.68. The Hall–Kier alpha value is -1.63. The molecule has 4 rings (SSSR count). The first-order valence-corrected chi connectivity index (χ1v) is 10.3. The lowest BCUT2D eigenvalue weighted by Crippen LogP contribution is -2.63. The highest BCUT2D eigenvalue weighted by Crippen LogP contribution is 2.51. The minimum absolute atomic E-state index is 0.215. The average molecular weight is 389 g/mol. The maximum atomic E-state index is 12.7. The molecule has 3 fully saturated rings. The summed E-state index contributed by atoms with van der Waals surface area (Å²) in [5, 5.41) is 0. The zero-order valence-corrected chi connectivity index (χ0v) is 17.3. The second-order valence-corrected chi connectivity index (χ2v) is 9.33. The van der Waals surface area contributed by atoms with Crippen molar-refractivity contribution in [3.05, 3.63) is 35.9 Å². The third-order valence-corrected chi connectivity index (χ3v) is 6.10. The zero-order chi connectivity index (χ0) is 19.8. The van der Waals surface area contributed by atoms with Crippen LogP contribution in [0.2, 0.25) is 0 Å². The zero-order valence-electron chi connectivity index (χ0n) is 17.3. The molecule has 1 aromatic carbocycles. The third kappa shape index (κ3) is 3.78. The number of carbonyl (C=O) groups is 1. The van der Waals surface area contributed by atoms with Gasteiger partial charge in [-0.1, -0.05) is 30.3 Å². The number of ether oxygens (including phenoxy) is 3. The summed E-state index contributed by atoms with van der Waals surface area (Å²) >= 11 is 0. The minimum atomic E-state index is -0.572. The SMILES string of the molecule is CC(C)(C)OC(=O)N1CCC2(OCCO2)C2(CCN(Cc3ccccc3)C2)C1. The maximum Gasteiger partial charge on any atom is 0.410 e. The lowest BCUT2D eigenvalue weighted by Gasteiger charge is -2.51. The topological polar surface area (TPSA) is 51.2 Å². The van der Waals surface area contributed by atoms with Gasteiger partial charge in [-0.05, 0) is 39.3 Å². The van der Waals surface area contributed by atoms with E-state index in [1.165, 1.54) is 5.56 Å². The summed E-state index contributed by atoms with van der Waals surface area (Å²) < 4.78 is 18.1. The normalized spacial score (nSPS) is 27.6. The van der Waals surface area contributed by atoms with Crippen molar-refractivity contribution in [2.75, 3.05) is 39.4 Å². The van der Waals surface area contributed by atoms with Crippen LogP contribution < -0.4 is 0 Å². The van der Waals surface area contributed by atoms with Crippen LogP contribution in [0.3, 0.4) is 0 Å². The molecule has 0 radical (unpaired) electrons. The predicted molar refractivity (Wildman–Crippen MR) is 106 cm³/mol. The van der Waals surface area contributed by atoms with Gasteiger partial charge < -0.3 is 19.1 Å². The summed E-state index contributed by atoms with van der Waals surface area (Å²) in [5.41, 5.74) is 0.601.